The van der Waals surface area contributed by atoms with E-state index in [1.807, 2.05) is 32.9 Å². The molecule has 4 heteroatoms. The molecule has 2 nitrogen and oxygen atoms in total. The van der Waals surface area contributed by atoms with Gasteiger partial charge in [-0.25, -0.2) is 4.98 Å². The Bertz CT molecular complexity index is 573. The number of halogens is 2. The highest BCUT2D eigenvalue weighted by molar-refractivity contribution is 6.32. The van der Waals surface area contributed by atoms with E-state index in [-0.39, 0.29) is 0 Å². The lowest BCUT2D eigenvalue weighted by Gasteiger charge is -2.11. The Morgan fingerprint density at radius 2 is 1.56 bits per heavy atom. The molecule has 0 amide bonds. The molecule has 0 atom stereocenters. The molecule has 0 radical (unpaired) electrons. The summed E-state index contributed by atoms with van der Waals surface area (Å²) in [6.07, 6.45) is 1.62. The smallest absolute Gasteiger partial charge is 0.148 e. The van der Waals surface area contributed by atoms with E-state index in [9.17, 15) is 0 Å². The van der Waals surface area contributed by atoms with Crippen molar-refractivity contribution in [3.63, 3.8) is 0 Å². The van der Waals surface area contributed by atoms with E-state index in [1.165, 1.54) is 0 Å². The van der Waals surface area contributed by atoms with Crippen molar-refractivity contribution in [2.24, 2.45) is 0 Å². The lowest BCUT2D eigenvalue weighted by Crippen LogP contribution is -1.91. The molecular formula is C14H13Cl2NO. The zero-order valence-electron chi connectivity index (χ0n) is 10.4. The van der Waals surface area contributed by atoms with Crippen LogP contribution in [-0.4, -0.2) is 4.98 Å². The first-order chi connectivity index (χ1) is 8.47. The second-order valence-electron chi connectivity index (χ2n) is 4.25. The van der Waals surface area contributed by atoms with E-state index in [4.69, 9.17) is 27.9 Å². The number of aryl methyl sites for hydroxylation is 3. The van der Waals surface area contributed by atoms with Gasteiger partial charge in [-0.3, -0.25) is 0 Å². The second-order valence-corrected chi connectivity index (χ2v) is 5.01. The molecule has 2 rings (SSSR count). The molecule has 0 spiro atoms. The first-order valence-electron chi connectivity index (χ1n) is 5.54. The molecule has 0 aliphatic carbocycles. The van der Waals surface area contributed by atoms with E-state index >= 15 is 0 Å². The third kappa shape index (κ3) is 2.77. The second kappa shape index (κ2) is 5.17. The van der Waals surface area contributed by atoms with Gasteiger partial charge in [-0.05, 0) is 55.7 Å². The summed E-state index contributed by atoms with van der Waals surface area (Å²) in [6, 6.07) is 5.58. The maximum atomic E-state index is 6.12. The van der Waals surface area contributed by atoms with Gasteiger partial charge in [0.05, 0.1) is 6.20 Å². The normalized spacial score (nSPS) is 10.5. The Kier molecular flexibility index (Phi) is 3.79. The summed E-state index contributed by atoms with van der Waals surface area (Å²) in [4.78, 5) is 4.01. The standard InChI is InChI=1S/C14H13Cl2NO/c1-8-6-13(15)17-7-12(8)18-11-4-9(2)14(16)10(3)5-11/h4-7H,1-3H3. The lowest BCUT2D eigenvalue weighted by atomic mass is 10.1. The molecule has 2 aromatic rings. The number of rotatable bonds is 2. The van der Waals surface area contributed by atoms with E-state index in [0.29, 0.717) is 10.9 Å². The monoisotopic (exact) mass is 281 g/mol. The van der Waals surface area contributed by atoms with E-state index in [1.54, 1.807) is 12.3 Å². The van der Waals surface area contributed by atoms with Crippen LogP contribution < -0.4 is 4.74 Å². The van der Waals surface area contributed by atoms with Crippen LogP contribution in [0.2, 0.25) is 10.2 Å². The van der Waals surface area contributed by atoms with Crippen LogP contribution in [0.25, 0.3) is 0 Å². The number of pyridine rings is 1. The summed E-state index contributed by atoms with van der Waals surface area (Å²) in [5, 5.41) is 1.23. The molecule has 1 heterocycles. The maximum absolute atomic E-state index is 6.12. The number of hydrogen-bond acceptors (Lipinski definition) is 2. The van der Waals surface area contributed by atoms with E-state index < -0.39 is 0 Å². The van der Waals surface area contributed by atoms with Crippen molar-refractivity contribution in [1.29, 1.82) is 0 Å². The SMILES string of the molecule is Cc1cc(Cl)ncc1Oc1cc(C)c(Cl)c(C)c1. The van der Waals surface area contributed by atoms with Gasteiger partial charge >= 0.3 is 0 Å². The summed E-state index contributed by atoms with van der Waals surface area (Å²) < 4.78 is 5.80. The number of aromatic nitrogens is 1. The van der Waals surface area contributed by atoms with E-state index in [0.717, 1.165) is 27.5 Å². The van der Waals surface area contributed by atoms with Gasteiger partial charge in [0, 0.05) is 5.02 Å². The molecule has 0 aliphatic rings. The first kappa shape index (κ1) is 13.2. The van der Waals surface area contributed by atoms with Gasteiger partial charge in [0.25, 0.3) is 0 Å². The van der Waals surface area contributed by atoms with Gasteiger partial charge in [0.1, 0.15) is 16.7 Å². The summed E-state index contributed by atoms with van der Waals surface area (Å²) in [6.45, 7) is 5.84. The molecule has 94 valence electrons. The van der Waals surface area contributed by atoms with Crippen LogP contribution in [0, 0.1) is 20.8 Å². The number of ether oxygens (including phenoxy) is 1. The highest BCUT2D eigenvalue weighted by atomic mass is 35.5. The van der Waals surface area contributed by atoms with Crippen LogP contribution >= 0.6 is 23.2 Å². The fourth-order valence-electron chi connectivity index (χ4n) is 1.71. The zero-order valence-corrected chi connectivity index (χ0v) is 11.9. The van der Waals surface area contributed by atoms with Gasteiger partial charge in [0.2, 0.25) is 0 Å². The largest absolute Gasteiger partial charge is 0.455 e. The third-order valence-corrected chi connectivity index (χ3v) is 3.47. The minimum atomic E-state index is 0.461. The Hall–Kier alpha value is -1.25. The van der Waals surface area contributed by atoms with Gasteiger partial charge in [0.15, 0.2) is 0 Å². The zero-order chi connectivity index (χ0) is 13.3. The highest BCUT2D eigenvalue weighted by Gasteiger charge is 2.07. The average Bonchev–Trinajstić information content (AvgIpc) is 2.29. The van der Waals surface area contributed by atoms with Gasteiger partial charge in [-0.15, -0.1) is 0 Å². The molecule has 0 saturated heterocycles. The lowest BCUT2D eigenvalue weighted by molar-refractivity contribution is 0.475. The molecule has 0 saturated carbocycles. The summed E-state index contributed by atoms with van der Waals surface area (Å²) >= 11 is 11.9. The van der Waals surface area contributed by atoms with Crippen LogP contribution in [-0.2, 0) is 0 Å². The third-order valence-electron chi connectivity index (χ3n) is 2.67. The molecular weight excluding hydrogens is 269 g/mol. The Balaban J connectivity index is 2.34. The Morgan fingerprint density at radius 3 is 2.11 bits per heavy atom. The predicted molar refractivity (Wildman–Crippen MR) is 75.0 cm³/mol. The average molecular weight is 282 g/mol. The van der Waals surface area contributed by atoms with Crippen LogP contribution in [0.1, 0.15) is 16.7 Å². The minimum absolute atomic E-state index is 0.461. The Labute approximate surface area is 117 Å². The fraction of sp³-hybridized carbons (Fsp3) is 0.214. The molecule has 0 aliphatic heterocycles. The number of hydrogen-bond donors (Lipinski definition) is 0. The maximum Gasteiger partial charge on any atom is 0.148 e. The summed E-state index contributed by atoms with van der Waals surface area (Å²) in [5.41, 5.74) is 2.93. The van der Waals surface area contributed by atoms with Crippen LogP contribution in [0.4, 0.5) is 0 Å². The predicted octanol–water partition coefficient (Wildman–Crippen LogP) is 5.11. The van der Waals surface area contributed by atoms with Gasteiger partial charge in [-0.1, -0.05) is 23.2 Å². The molecule has 1 aromatic carbocycles. The molecule has 0 bridgehead atoms. The van der Waals surface area contributed by atoms with Crippen molar-refractivity contribution in [3.05, 3.63) is 51.3 Å². The summed E-state index contributed by atoms with van der Waals surface area (Å²) in [5.74, 6) is 1.45. The molecule has 18 heavy (non-hydrogen) atoms. The first-order valence-corrected chi connectivity index (χ1v) is 6.29. The summed E-state index contributed by atoms with van der Waals surface area (Å²) in [7, 11) is 0. The topological polar surface area (TPSA) is 22.1 Å². The Morgan fingerprint density at radius 1 is 0.944 bits per heavy atom. The van der Waals surface area contributed by atoms with Crippen LogP contribution in [0.5, 0.6) is 11.5 Å². The molecule has 0 unspecified atom stereocenters. The molecule has 0 fully saturated rings. The van der Waals surface area contributed by atoms with Gasteiger partial charge < -0.3 is 4.74 Å². The van der Waals surface area contributed by atoms with Crippen molar-refractivity contribution in [1.82, 2.24) is 4.98 Å². The van der Waals surface area contributed by atoms with Crippen LogP contribution in [0.15, 0.2) is 24.4 Å². The van der Waals surface area contributed by atoms with Crippen molar-refractivity contribution in [3.8, 4) is 11.5 Å². The molecule has 1 aromatic heterocycles. The van der Waals surface area contributed by atoms with Crippen molar-refractivity contribution >= 4 is 23.2 Å². The van der Waals surface area contributed by atoms with Crippen molar-refractivity contribution < 1.29 is 4.74 Å². The van der Waals surface area contributed by atoms with E-state index in [2.05, 4.69) is 4.98 Å². The minimum Gasteiger partial charge on any atom is -0.455 e. The van der Waals surface area contributed by atoms with Crippen molar-refractivity contribution in [2.45, 2.75) is 20.8 Å². The number of benzene rings is 1. The van der Waals surface area contributed by atoms with Crippen LogP contribution in [0.3, 0.4) is 0 Å². The van der Waals surface area contributed by atoms with Crippen molar-refractivity contribution in [2.75, 3.05) is 0 Å². The molecule has 0 N–H and O–H groups in total. The quantitative estimate of drug-likeness (QED) is 0.714. The highest BCUT2D eigenvalue weighted by Crippen LogP contribution is 2.30. The fourth-order valence-corrected chi connectivity index (χ4v) is 2.03. The number of nitrogens with zero attached hydrogens (tertiary/aromatic N) is 1. The van der Waals surface area contributed by atoms with Gasteiger partial charge in [-0.2, -0.15) is 0 Å².